The molecule has 152 valence electrons. The second-order valence-electron chi connectivity index (χ2n) is 7.00. The average Bonchev–Trinajstić information content (AvgIpc) is 2.80. The number of ether oxygens (including phenoxy) is 1. The molecular formula is C22H22N6OS. The standard InChI is InChI=1S/C22H22N6OS/c1-27-9-11-28(12-10-27)22-25-15-19(30-20-8-7-18(13-23)14-24-20)21(26-22)29-16-17-5-3-2-4-6-17/h2-8,14-15H,9-12,16H2,1H3. The lowest BCUT2D eigenvalue weighted by molar-refractivity contribution is 0.283. The van der Waals surface area contributed by atoms with Gasteiger partial charge in [-0.2, -0.15) is 10.2 Å². The number of aromatic nitrogens is 3. The van der Waals surface area contributed by atoms with E-state index in [9.17, 15) is 0 Å². The Morgan fingerprint density at radius 1 is 1.03 bits per heavy atom. The van der Waals surface area contributed by atoms with Crippen molar-refractivity contribution in [1.29, 1.82) is 5.26 Å². The lowest BCUT2D eigenvalue weighted by atomic mass is 10.2. The Morgan fingerprint density at radius 3 is 2.53 bits per heavy atom. The van der Waals surface area contributed by atoms with Crippen molar-refractivity contribution in [3.8, 4) is 11.9 Å². The molecule has 0 saturated carbocycles. The molecule has 1 aliphatic rings. The molecule has 4 rings (SSSR count). The van der Waals surface area contributed by atoms with Crippen LogP contribution in [0.25, 0.3) is 0 Å². The van der Waals surface area contributed by atoms with E-state index in [1.165, 1.54) is 11.8 Å². The van der Waals surface area contributed by atoms with Crippen molar-refractivity contribution in [2.45, 2.75) is 16.5 Å². The van der Waals surface area contributed by atoms with Crippen LogP contribution in [0.1, 0.15) is 11.1 Å². The summed E-state index contributed by atoms with van der Waals surface area (Å²) in [4.78, 5) is 18.9. The first-order chi connectivity index (χ1) is 14.7. The number of pyridine rings is 1. The van der Waals surface area contributed by atoms with Gasteiger partial charge in [-0.25, -0.2) is 9.97 Å². The van der Waals surface area contributed by atoms with E-state index in [-0.39, 0.29) is 0 Å². The Morgan fingerprint density at radius 2 is 1.83 bits per heavy atom. The summed E-state index contributed by atoms with van der Waals surface area (Å²) in [6, 6.07) is 15.7. The van der Waals surface area contributed by atoms with Crippen LogP contribution >= 0.6 is 11.8 Å². The quantitative estimate of drug-likeness (QED) is 0.604. The summed E-state index contributed by atoms with van der Waals surface area (Å²) in [6.07, 6.45) is 3.36. The fourth-order valence-corrected chi connectivity index (χ4v) is 3.79. The van der Waals surface area contributed by atoms with Gasteiger partial charge in [0.15, 0.2) is 0 Å². The van der Waals surface area contributed by atoms with Gasteiger partial charge in [-0.3, -0.25) is 0 Å². The maximum atomic E-state index is 8.97. The van der Waals surface area contributed by atoms with E-state index in [1.54, 1.807) is 18.5 Å². The van der Waals surface area contributed by atoms with Gasteiger partial charge in [-0.15, -0.1) is 0 Å². The highest BCUT2D eigenvalue weighted by Gasteiger charge is 2.19. The van der Waals surface area contributed by atoms with E-state index >= 15 is 0 Å². The summed E-state index contributed by atoms with van der Waals surface area (Å²) >= 11 is 1.43. The molecule has 0 amide bonds. The van der Waals surface area contributed by atoms with Crippen LogP contribution in [0.2, 0.25) is 0 Å². The lowest BCUT2D eigenvalue weighted by Crippen LogP contribution is -2.45. The van der Waals surface area contributed by atoms with Gasteiger partial charge in [-0.1, -0.05) is 42.1 Å². The monoisotopic (exact) mass is 418 g/mol. The molecule has 3 aromatic rings. The number of nitriles is 1. The van der Waals surface area contributed by atoms with E-state index in [2.05, 4.69) is 32.9 Å². The molecule has 8 heteroatoms. The van der Waals surface area contributed by atoms with Gasteiger partial charge in [0.2, 0.25) is 11.8 Å². The molecule has 30 heavy (non-hydrogen) atoms. The molecule has 0 atom stereocenters. The van der Waals surface area contributed by atoms with Crippen LogP contribution in [0, 0.1) is 11.3 Å². The van der Waals surface area contributed by atoms with E-state index in [0.29, 0.717) is 24.0 Å². The van der Waals surface area contributed by atoms with Crippen LogP contribution in [0.5, 0.6) is 5.88 Å². The zero-order chi connectivity index (χ0) is 20.8. The molecule has 2 aromatic heterocycles. The van der Waals surface area contributed by atoms with Gasteiger partial charge in [-0.05, 0) is 24.7 Å². The van der Waals surface area contributed by atoms with Crippen molar-refractivity contribution >= 4 is 17.7 Å². The first kappa shape index (κ1) is 20.1. The van der Waals surface area contributed by atoms with Gasteiger partial charge in [0.05, 0.1) is 16.7 Å². The molecular weight excluding hydrogens is 396 g/mol. The molecule has 0 spiro atoms. The van der Waals surface area contributed by atoms with Gasteiger partial charge >= 0.3 is 0 Å². The number of likely N-dealkylation sites (N-methyl/N-ethyl adjacent to an activating group) is 1. The molecule has 0 unspecified atom stereocenters. The van der Waals surface area contributed by atoms with Crippen molar-refractivity contribution in [2.75, 3.05) is 38.1 Å². The lowest BCUT2D eigenvalue weighted by Gasteiger charge is -2.32. The summed E-state index contributed by atoms with van der Waals surface area (Å²) in [5.41, 5.74) is 1.60. The van der Waals surface area contributed by atoms with E-state index in [1.807, 2.05) is 36.4 Å². The molecule has 7 nitrogen and oxygen atoms in total. The third-order valence-electron chi connectivity index (χ3n) is 4.79. The second-order valence-corrected chi connectivity index (χ2v) is 8.07. The maximum absolute atomic E-state index is 8.97. The second kappa shape index (κ2) is 9.57. The van der Waals surface area contributed by atoms with Gasteiger partial charge in [0, 0.05) is 32.4 Å². The van der Waals surface area contributed by atoms with E-state index in [0.717, 1.165) is 41.7 Å². The molecule has 0 radical (unpaired) electrons. The molecule has 1 aromatic carbocycles. The van der Waals surface area contributed by atoms with Gasteiger partial charge in [0.1, 0.15) is 17.7 Å². The molecule has 3 heterocycles. The highest BCUT2D eigenvalue weighted by molar-refractivity contribution is 7.99. The Labute approximate surface area is 180 Å². The summed E-state index contributed by atoms with van der Waals surface area (Å²) in [6.45, 7) is 4.16. The third-order valence-corrected chi connectivity index (χ3v) is 5.74. The van der Waals surface area contributed by atoms with Crippen molar-refractivity contribution in [1.82, 2.24) is 19.9 Å². The maximum Gasteiger partial charge on any atom is 0.233 e. The SMILES string of the molecule is CN1CCN(c2ncc(Sc3ccc(C#N)cn3)c(OCc3ccccc3)n2)CC1. The molecule has 1 saturated heterocycles. The molecule has 0 bridgehead atoms. The Kier molecular flexibility index (Phi) is 6.42. The van der Waals surface area contributed by atoms with Crippen molar-refractivity contribution in [3.63, 3.8) is 0 Å². The van der Waals surface area contributed by atoms with Gasteiger partial charge < -0.3 is 14.5 Å². The molecule has 0 aliphatic carbocycles. The van der Waals surface area contributed by atoms with Crippen LogP contribution < -0.4 is 9.64 Å². The smallest absolute Gasteiger partial charge is 0.233 e. The minimum absolute atomic E-state index is 0.425. The Hall–Kier alpha value is -3.15. The number of hydrogen-bond acceptors (Lipinski definition) is 8. The van der Waals surface area contributed by atoms with Crippen LogP contribution in [-0.4, -0.2) is 53.1 Å². The van der Waals surface area contributed by atoms with Crippen LogP contribution in [0.4, 0.5) is 5.95 Å². The average molecular weight is 419 g/mol. The summed E-state index contributed by atoms with van der Waals surface area (Å²) in [5, 5.41) is 9.73. The van der Waals surface area contributed by atoms with Crippen molar-refractivity contribution in [2.24, 2.45) is 0 Å². The third kappa shape index (κ3) is 5.06. The minimum atomic E-state index is 0.425. The summed E-state index contributed by atoms with van der Waals surface area (Å²) in [7, 11) is 2.12. The zero-order valence-corrected chi connectivity index (χ0v) is 17.5. The Bertz CT molecular complexity index is 1010. The van der Waals surface area contributed by atoms with Crippen molar-refractivity contribution < 1.29 is 4.74 Å². The predicted molar refractivity (Wildman–Crippen MR) is 116 cm³/mol. The highest BCUT2D eigenvalue weighted by atomic mass is 32.2. The molecule has 1 fully saturated rings. The first-order valence-corrected chi connectivity index (χ1v) is 10.5. The van der Waals surface area contributed by atoms with Crippen LogP contribution in [0.3, 0.4) is 0 Å². The van der Waals surface area contributed by atoms with Crippen molar-refractivity contribution in [3.05, 3.63) is 66.0 Å². The highest BCUT2D eigenvalue weighted by Crippen LogP contribution is 2.34. The number of benzene rings is 1. The number of hydrogen-bond donors (Lipinski definition) is 0. The van der Waals surface area contributed by atoms with E-state index < -0.39 is 0 Å². The van der Waals surface area contributed by atoms with E-state index in [4.69, 9.17) is 15.0 Å². The predicted octanol–water partition coefficient (Wildman–Crippen LogP) is 3.23. The number of piperazine rings is 1. The number of nitrogens with zero attached hydrogens (tertiary/aromatic N) is 6. The van der Waals surface area contributed by atoms with Crippen LogP contribution in [-0.2, 0) is 6.61 Å². The summed E-state index contributed by atoms with van der Waals surface area (Å²) in [5.74, 6) is 1.22. The molecule has 1 aliphatic heterocycles. The summed E-state index contributed by atoms with van der Waals surface area (Å²) < 4.78 is 6.10. The number of rotatable bonds is 6. The largest absolute Gasteiger partial charge is 0.472 e. The fourth-order valence-electron chi connectivity index (χ4n) is 3.02. The normalized spacial score (nSPS) is 14.3. The first-order valence-electron chi connectivity index (χ1n) is 9.72. The molecule has 0 N–H and O–H groups in total. The van der Waals surface area contributed by atoms with Gasteiger partial charge in [0.25, 0.3) is 0 Å². The topological polar surface area (TPSA) is 78.2 Å². The minimum Gasteiger partial charge on any atom is -0.472 e. The number of anilines is 1. The van der Waals surface area contributed by atoms with Crippen LogP contribution in [0.15, 0.2) is 64.8 Å². The zero-order valence-electron chi connectivity index (χ0n) is 16.7. The fraction of sp³-hybridized carbons (Fsp3) is 0.273. The Balaban J connectivity index is 1.57.